The summed E-state index contributed by atoms with van der Waals surface area (Å²) in [6, 6.07) is 14.8. The van der Waals surface area contributed by atoms with E-state index in [9.17, 15) is 19.5 Å². The van der Waals surface area contributed by atoms with Crippen LogP contribution in [0.4, 0.5) is 4.79 Å². The number of methoxy groups -OCH3 is 1. The average molecular weight is 481 g/mol. The third-order valence-corrected chi connectivity index (χ3v) is 6.97. The summed E-state index contributed by atoms with van der Waals surface area (Å²) in [5, 5.41) is 15.0. The summed E-state index contributed by atoms with van der Waals surface area (Å²) in [5.41, 5.74) is 4.48. The molecule has 35 heavy (non-hydrogen) atoms. The van der Waals surface area contributed by atoms with E-state index in [0.717, 1.165) is 35.1 Å². The number of aliphatic carboxylic acids is 1. The lowest BCUT2D eigenvalue weighted by molar-refractivity contribution is -0.144. The van der Waals surface area contributed by atoms with Crippen molar-refractivity contribution in [3.05, 3.63) is 59.7 Å². The molecule has 0 radical (unpaired) electrons. The molecule has 0 aromatic heterocycles. The number of amides is 2. The topological polar surface area (TPSA) is 114 Å². The first-order valence-electron chi connectivity index (χ1n) is 12.1. The van der Waals surface area contributed by atoms with Crippen LogP contribution in [0.2, 0.25) is 0 Å². The number of carboxylic acids is 1. The maximum Gasteiger partial charge on any atom is 0.407 e. The third kappa shape index (κ3) is 5.65. The third-order valence-electron chi connectivity index (χ3n) is 6.97. The molecule has 0 aliphatic heterocycles. The van der Waals surface area contributed by atoms with Gasteiger partial charge in [-0.15, -0.1) is 0 Å². The summed E-state index contributed by atoms with van der Waals surface area (Å²) in [5.74, 6) is -2.04. The van der Waals surface area contributed by atoms with Gasteiger partial charge in [-0.3, -0.25) is 9.59 Å². The molecular weight excluding hydrogens is 448 g/mol. The molecule has 1 saturated carbocycles. The molecule has 1 unspecified atom stereocenters. The van der Waals surface area contributed by atoms with Crippen LogP contribution in [0.3, 0.4) is 0 Å². The van der Waals surface area contributed by atoms with Gasteiger partial charge in [0.15, 0.2) is 0 Å². The van der Waals surface area contributed by atoms with Gasteiger partial charge in [0.2, 0.25) is 5.91 Å². The standard InChI is InChI=1S/C27H32N2O6/c1-34-15-14-24(25(30)28-23-13-7-6-12-21(23)26(31)32)29-27(33)35-16-22-19-10-4-2-8-17(19)18-9-3-5-11-20(18)22/h2-5,8-11,21-24H,6-7,12-16H2,1H3,(H,28,30)(H,29,33)(H,31,32)/t21-,23+,24?/m0/s1. The summed E-state index contributed by atoms with van der Waals surface area (Å²) in [6.07, 6.45) is 2.37. The van der Waals surface area contributed by atoms with Gasteiger partial charge in [0.25, 0.3) is 0 Å². The van der Waals surface area contributed by atoms with Gasteiger partial charge in [-0.05, 0) is 35.1 Å². The Morgan fingerprint density at radius 3 is 2.26 bits per heavy atom. The molecule has 0 heterocycles. The Bertz CT molecular complexity index is 1030. The van der Waals surface area contributed by atoms with Crippen molar-refractivity contribution in [1.29, 1.82) is 0 Å². The molecule has 1 fully saturated rings. The molecule has 2 aromatic carbocycles. The van der Waals surface area contributed by atoms with Crippen molar-refractivity contribution in [3.63, 3.8) is 0 Å². The predicted octanol–water partition coefficient (Wildman–Crippen LogP) is 3.69. The monoisotopic (exact) mass is 480 g/mol. The Labute approximate surface area is 205 Å². The van der Waals surface area contributed by atoms with E-state index in [-0.39, 0.29) is 25.6 Å². The van der Waals surface area contributed by atoms with Crippen molar-refractivity contribution in [2.75, 3.05) is 20.3 Å². The Balaban J connectivity index is 1.39. The zero-order valence-corrected chi connectivity index (χ0v) is 19.9. The molecule has 2 aliphatic rings. The van der Waals surface area contributed by atoms with Gasteiger partial charge in [-0.1, -0.05) is 61.4 Å². The van der Waals surface area contributed by atoms with Gasteiger partial charge in [0.1, 0.15) is 12.6 Å². The highest BCUT2D eigenvalue weighted by Gasteiger charge is 2.34. The lowest BCUT2D eigenvalue weighted by Crippen LogP contribution is -2.53. The number of carboxylic acid groups (broad SMARTS) is 1. The molecule has 0 saturated heterocycles. The molecule has 2 aromatic rings. The maximum absolute atomic E-state index is 13.0. The van der Waals surface area contributed by atoms with Crippen LogP contribution in [0.1, 0.15) is 49.1 Å². The second kappa shape index (κ2) is 11.4. The lowest BCUT2D eigenvalue weighted by Gasteiger charge is -2.30. The van der Waals surface area contributed by atoms with Gasteiger partial charge in [-0.25, -0.2) is 4.79 Å². The first-order valence-corrected chi connectivity index (χ1v) is 12.1. The van der Waals surface area contributed by atoms with Crippen LogP contribution in [0, 0.1) is 5.92 Å². The minimum absolute atomic E-state index is 0.0852. The highest BCUT2D eigenvalue weighted by Crippen LogP contribution is 2.44. The SMILES string of the molecule is COCCC(NC(=O)OCC1c2ccccc2-c2ccccc21)C(=O)N[C@@H]1CCCC[C@@H]1C(=O)O. The minimum atomic E-state index is -0.909. The highest BCUT2D eigenvalue weighted by atomic mass is 16.5. The first kappa shape index (κ1) is 24.7. The second-order valence-corrected chi connectivity index (χ2v) is 9.15. The zero-order valence-electron chi connectivity index (χ0n) is 19.9. The van der Waals surface area contributed by atoms with Crippen LogP contribution < -0.4 is 10.6 Å². The molecule has 0 bridgehead atoms. The number of nitrogens with one attached hydrogen (secondary N) is 2. The molecule has 2 aliphatic carbocycles. The van der Waals surface area contributed by atoms with Crippen LogP contribution in [0.25, 0.3) is 11.1 Å². The van der Waals surface area contributed by atoms with Gasteiger partial charge in [0.05, 0.1) is 5.92 Å². The van der Waals surface area contributed by atoms with E-state index in [1.807, 2.05) is 36.4 Å². The fraction of sp³-hybridized carbons (Fsp3) is 0.444. The van der Waals surface area contributed by atoms with Crippen molar-refractivity contribution in [2.45, 2.75) is 50.1 Å². The van der Waals surface area contributed by atoms with Crippen LogP contribution in [0.5, 0.6) is 0 Å². The number of hydrogen-bond donors (Lipinski definition) is 3. The molecule has 2 amide bonds. The predicted molar refractivity (Wildman–Crippen MR) is 130 cm³/mol. The fourth-order valence-electron chi connectivity index (χ4n) is 5.17. The first-order chi connectivity index (χ1) is 17.0. The number of carbonyl (C=O) groups excluding carboxylic acids is 2. The summed E-state index contributed by atoms with van der Waals surface area (Å²) in [4.78, 5) is 37.3. The molecule has 4 rings (SSSR count). The number of benzene rings is 2. The Morgan fingerprint density at radius 1 is 1.00 bits per heavy atom. The molecule has 0 spiro atoms. The molecule has 8 nitrogen and oxygen atoms in total. The number of ether oxygens (including phenoxy) is 2. The lowest BCUT2D eigenvalue weighted by atomic mass is 9.84. The number of carbonyl (C=O) groups is 3. The number of fused-ring (bicyclic) bond motifs is 3. The van der Waals surface area contributed by atoms with E-state index in [1.54, 1.807) is 0 Å². The van der Waals surface area contributed by atoms with Crippen LogP contribution >= 0.6 is 0 Å². The molecule has 3 atom stereocenters. The Hall–Kier alpha value is -3.39. The van der Waals surface area contributed by atoms with Crippen LogP contribution in [-0.2, 0) is 19.1 Å². The summed E-state index contributed by atoms with van der Waals surface area (Å²) in [7, 11) is 1.52. The molecular formula is C27H32N2O6. The van der Waals surface area contributed by atoms with Crippen molar-refractivity contribution in [2.24, 2.45) is 5.92 Å². The Kier molecular flexibility index (Phi) is 8.02. The van der Waals surface area contributed by atoms with Crippen LogP contribution in [0.15, 0.2) is 48.5 Å². The second-order valence-electron chi connectivity index (χ2n) is 9.15. The highest BCUT2D eigenvalue weighted by molar-refractivity contribution is 5.86. The van der Waals surface area contributed by atoms with E-state index < -0.39 is 36.0 Å². The van der Waals surface area contributed by atoms with Crippen molar-refractivity contribution in [1.82, 2.24) is 10.6 Å². The van der Waals surface area contributed by atoms with Gasteiger partial charge >= 0.3 is 12.1 Å². The maximum atomic E-state index is 13.0. The van der Waals surface area contributed by atoms with Gasteiger partial charge in [0, 0.05) is 32.1 Å². The molecule has 8 heteroatoms. The normalized spacial score (nSPS) is 19.8. The Morgan fingerprint density at radius 2 is 1.63 bits per heavy atom. The van der Waals surface area contributed by atoms with E-state index in [4.69, 9.17) is 9.47 Å². The van der Waals surface area contributed by atoms with E-state index >= 15 is 0 Å². The van der Waals surface area contributed by atoms with Gasteiger partial charge < -0.3 is 25.2 Å². The van der Waals surface area contributed by atoms with Crippen molar-refractivity contribution in [3.8, 4) is 11.1 Å². The summed E-state index contributed by atoms with van der Waals surface area (Å²) < 4.78 is 10.7. The summed E-state index contributed by atoms with van der Waals surface area (Å²) in [6.45, 7) is 0.400. The zero-order chi connectivity index (χ0) is 24.8. The number of rotatable bonds is 9. The molecule has 3 N–H and O–H groups in total. The summed E-state index contributed by atoms with van der Waals surface area (Å²) >= 11 is 0. The number of hydrogen-bond acceptors (Lipinski definition) is 5. The van der Waals surface area contributed by atoms with Gasteiger partial charge in [-0.2, -0.15) is 0 Å². The van der Waals surface area contributed by atoms with Crippen LogP contribution in [-0.4, -0.2) is 55.5 Å². The van der Waals surface area contributed by atoms with E-state index in [1.165, 1.54) is 7.11 Å². The quantitative estimate of drug-likeness (QED) is 0.504. The minimum Gasteiger partial charge on any atom is -0.481 e. The molecule has 186 valence electrons. The fourth-order valence-corrected chi connectivity index (χ4v) is 5.17. The van der Waals surface area contributed by atoms with E-state index in [0.29, 0.717) is 12.8 Å². The average Bonchev–Trinajstić information content (AvgIpc) is 3.19. The van der Waals surface area contributed by atoms with Crippen molar-refractivity contribution < 1.29 is 29.0 Å². The largest absolute Gasteiger partial charge is 0.481 e. The van der Waals surface area contributed by atoms with Crippen molar-refractivity contribution >= 4 is 18.0 Å². The smallest absolute Gasteiger partial charge is 0.407 e. The van der Waals surface area contributed by atoms with E-state index in [2.05, 4.69) is 22.8 Å². The number of alkyl carbamates (subject to hydrolysis) is 1.